The highest BCUT2D eigenvalue weighted by Crippen LogP contribution is 2.34. The van der Waals surface area contributed by atoms with Gasteiger partial charge in [-0.1, -0.05) is 12.1 Å². The van der Waals surface area contributed by atoms with Gasteiger partial charge in [-0.3, -0.25) is 9.59 Å². The molecule has 0 unspecified atom stereocenters. The van der Waals surface area contributed by atoms with E-state index in [0.717, 1.165) is 10.6 Å². The number of thioether (sulfide) groups is 1. The van der Waals surface area contributed by atoms with Crippen LogP contribution >= 0.6 is 11.8 Å². The van der Waals surface area contributed by atoms with E-state index in [9.17, 15) is 9.59 Å². The number of hydrogen-bond acceptors (Lipinski definition) is 5. The summed E-state index contributed by atoms with van der Waals surface area (Å²) in [6.07, 6.45) is -0.718. The first-order valence-corrected chi connectivity index (χ1v) is 9.74. The molecule has 0 radical (unpaired) electrons. The molecular formula is C20H22N2O4S. The number of nitrogens with one attached hydrogen (secondary N) is 1. The van der Waals surface area contributed by atoms with E-state index < -0.39 is 6.10 Å². The van der Waals surface area contributed by atoms with Gasteiger partial charge in [-0.2, -0.15) is 0 Å². The molecule has 1 N–H and O–H groups in total. The SMILES string of the molecule is CCOc1ccc(SCC(=O)N2C[C@@H](C(=O)NC)Oc3ccccc32)cc1. The quantitative estimate of drug-likeness (QED) is 0.773. The third-order valence-electron chi connectivity index (χ3n) is 4.11. The van der Waals surface area contributed by atoms with Crippen LogP contribution in [0.5, 0.6) is 11.5 Å². The van der Waals surface area contributed by atoms with Gasteiger partial charge in [0.25, 0.3) is 5.91 Å². The largest absolute Gasteiger partial charge is 0.494 e. The van der Waals surface area contributed by atoms with Crippen LogP contribution in [0.25, 0.3) is 0 Å². The maximum atomic E-state index is 12.9. The second kappa shape index (κ2) is 8.81. The van der Waals surface area contributed by atoms with Crippen LogP contribution in [0.3, 0.4) is 0 Å². The second-order valence-electron chi connectivity index (χ2n) is 5.89. The minimum absolute atomic E-state index is 0.0708. The lowest BCUT2D eigenvalue weighted by molar-refractivity contribution is -0.127. The summed E-state index contributed by atoms with van der Waals surface area (Å²) in [5.74, 6) is 1.29. The number of para-hydroxylation sites is 2. The van der Waals surface area contributed by atoms with Crippen LogP contribution in [0.4, 0.5) is 5.69 Å². The van der Waals surface area contributed by atoms with Gasteiger partial charge in [0.05, 0.1) is 24.6 Å². The van der Waals surface area contributed by atoms with Crippen LogP contribution in [-0.4, -0.2) is 43.9 Å². The van der Waals surface area contributed by atoms with Crippen molar-refractivity contribution in [3.8, 4) is 11.5 Å². The number of nitrogens with zero attached hydrogens (tertiary/aromatic N) is 1. The summed E-state index contributed by atoms with van der Waals surface area (Å²) < 4.78 is 11.2. The minimum Gasteiger partial charge on any atom is -0.494 e. The van der Waals surface area contributed by atoms with E-state index >= 15 is 0 Å². The summed E-state index contributed by atoms with van der Waals surface area (Å²) in [7, 11) is 1.56. The molecule has 1 aliphatic heterocycles. The van der Waals surface area contributed by atoms with Crippen molar-refractivity contribution < 1.29 is 19.1 Å². The molecule has 1 atom stereocenters. The number of hydrogen-bond donors (Lipinski definition) is 1. The fourth-order valence-corrected chi connectivity index (χ4v) is 3.56. The van der Waals surface area contributed by atoms with Crippen molar-refractivity contribution in [2.24, 2.45) is 0 Å². The van der Waals surface area contributed by atoms with Crippen molar-refractivity contribution in [3.63, 3.8) is 0 Å². The number of carbonyl (C=O) groups is 2. The van der Waals surface area contributed by atoms with Gasteiger partial charge in [0.1, 0.15) is 11.5 Å². The van der Waals surface area contributed by atoms with Gasteiger partial charge in [-0.25, -0.2) is 0 Å². The molecular weight excluding hydrogens is 364 g/mol. The van der Waals surface area contributed by atoms with Crippen molar-refractivity contribution in [2.75, 3.05) is 30.9 Å². The zero-order chi connectivity index (χ0) is 19.2. The lowest BCUT2D eigenvalue weighted by Crippen LogP contribution is -2.50. The lowest BCUT2D eigenvalue weighted by Gasteiger charge is -2.34. The average Bonchev–Trinajstić information content (AvgIpc) is 2.71. The minimum atomic E-state index is -0.718. The van der Waals surface area contributed by atoms with Crippen molar-refractivity contribution in [1.29, 1.82) is 0 Å². The molecule has 0 aliphatic carbocycles. The molecule has 0 aromatic heterocycles. The molecule has 2 aromatic rings. The van der Waals surface area contributed by atoms with E-state index in [0.29, 0.717) is 18.0 Å². The molecule has 6 nitrogen and oxygen atoms in total. The number of rotatable bonds is 6. The van der Waals surface area contributed by atoms with E-state index in [1.807, 2.05) is 49.4 Å². The highest BCUT2D eigenvalue weighted by Gasteiger charge is 2.33. The number of anilines is 1. The van der Waals surface area contributed by atoms with Gasteiger partial charge in [0.15, 0.2) is 6.10 Å². The van der Waals surface area contributed by atoms with Gasteiger partial charge < -0.3 is 19.7 Å². The Hall–Kier alpha value is -2.67. The molecule has 0 fully saturated rings. The molecule has 0 saturated heterocycles. The number of carbonyl (C=O) groups excluding carboxylic acids is 2. The summed E-state index contributed by atoms with van der Waals surface area (Å²) in [6, 6.07) is 14.9. The maximum Gasteiger partial charge on any atom is 0.262 e. The van der Waals surface area contributed by atoms with Gasteiger partial charge in [-0.05, 0) is 43.3 Å². The van der Waals surface area contributed by atoms with E-state index in [-0.39, 0.29) is 24.1 Å². The Bertz CT molecular complexity index is 810. The number of likely N-dealkylation sites (N-methyl/N-ethyl adjacent to an activating group) is 1. The molecule has 1 heterocycles. The summed E-state index contributed by atoms with van der Waals surface area (Å²) in [5, 5.41) is 2.58. The molecule has 7 heteroatoms. The first kappa shape index (κ1) is 19.1. The predicted molar refractivity (Wildman–Crippen MR) is 106 cm³/mol. The van der Waals surface area contributed by atoms with Crippen LogP contribution in [0, 0.1) is 0 Å². The molecule has 0 saturated carbocycles. The van der Waals surface area contributed by atoms with Crippen molar-refractivity contribution in [1.82, 2.24) is 5.32 Å². The molecule has 3 rings (SSSR count). The Morgan fingerprint density at radius 2 is 1.96 bits per heavy atom. The normalized spacial score (nSPS) is 15.5. The third kappa shape index (κ3) is 4.54. The smallest absolute Gasteiger partial charge is 0.262 e. The number of amides is 2. The van der Waals surface area contributed by atoms with Crippen molar-refractivity contribution >= 4 is 29.3 Å². The van der Waals surface area contributed by atoms with E-state index in [1.54, 1.807) is 18.0 Å². The molecule has 27 heavy (non-hydrogen) atoms. The number of ether oxygens (including phenoxy) is 2. The molecule has 142 valence electrons. The van der Waals surface area contributed by atoms with E-state index in [2.05, 4.69) is 5.32 Å². The zero-order valence-corrected chi connectivity index (χ0v) is 16.1. The van der Waals surface area contributed by atoms with Crippen LogP contribution < -0.4 is 19.7 Å². The van der Waals surface area contributed by atoms with Gasteiger partial charge in [0.2, 0.25) is 5.91 Å². The van der Waals surface area contributed by atoms with Crippen LogP contribution in [-0.2, 0) is 9.59 Å². The van der Waals surface area contributed by atoms with E-state index in [1.165, 1.54) is 11.8 Å². The molecule has 0 bridgehead atoms. The Kier molecular flexibility index (Phi) is 6.24. The Morgan fingerprint density at radius 1 is 1.22 bits per heavy atom. The topological polar surface area (TPSA) is 67.9 Å². The first-order valence-electron chi connectivity index (χ1n) is 8.75. The fourth-order valence-electron chi connectivity index (χ4n) is 2.79. The molecule has 0 spiro atoms. The van der Waals surface area contributed by atoms with Gasteiger partial charge in [0, 0.05) is 11.9 Å². The first-order chi connectivity index (χ1) is 13.1. The maximum absolute atomic E-state index is 12.9. The molecule has 2 amide bonds. The Labute approximate surface area is 162 Å². The van der Waals surface area contributed by atoms with Crippen molar-refractivity contribution in [3.05, 3.63) is 48.5 Å². The molecule has 1 aliphatic rings. The van der Waals surface area contributed by atoms with Gasteiger partial charge >= 0.3 is 0 Å². The molecule has 2 aromatic carbocycles. The van der Waals surface area contributed by atoms with Crippen LogP contribution in [0.1, 0.15) is 6.92 Å². The van der Waals surface area contributed by atoms with E-state index in [4.69, 9.17) is 9.47 Å². The number of fused-ring (bicyclic) bond motifs is 1. The summed E-state index contributed by atoms with van der Waals surface area (Å²) in [4.78, 5) is 27.5. The fraction of sp³-hybridized carbons (Fsp3) is 0.300. The number of benzene rings is 2. The third-order valence-corrected chi connectivity index (χ3v) is 5.11. The summed E-state index contributed by atoms with van der Waals surface area (Å²) in [6.45, 7) is 2.75. The Balaban J connectivity index is 1.70. The Morgan fingerprint density at radius 3 is 2.67 bits per heavy atom. The summed E-state index contributed by atoms with van der Waals surface area (Å²) in [5.41, 5.74) is 0.690. The second-order valence-corrected chi connectivity index (χ2v) is 6.93. The summed E-state index contributed by atoms with van der Waals surface area (Å²) >= 11 is 1.45. The predicted octanol–water partition coefficient (Wildman–Crippen LogP) is 2.72. The monoisotopic (exact) mass is 386 g/mol. The average molecular weight is 386 g/mol. The standard InChI is InChI=1S/C20H22N2O4S/c1-3-25-14-8-10-15(11-9-14)27-13-19(23)22-12-18(20(24)21-2)26-17-7-5-4-6-16(17)22/h4-11,18H,3,12-13H2,1-2H3,(H,21,24)/t18-/m0/s1. The highest BCUT2D eigenvalue weighted by atomic mass is 32.2. The van der Waals surface area contributed by atoms with Gasteiger partial charge in [-0.15, -0.1) is 11.8 Å². The van der Waals surface area contributed by atoms with Crippen molar-refractivity contribution in [2.45, 2.75) is 17.9 Å². The van der Waals surface area contributed by atoms with Crippen LogP contribution in [0.15, 0.2) is 53.4 Å². The lowest BCUT2D eigenvalue weighted by atomic mass is 10.2. The van der Waals surface area contributed by atoms with Crippen LogP contribution in [0.2, 0.25) is 0 Å². The highest BCUT2D eigenvalue weighted by molar-refractivity contribution is 8.00. The zero-order valence-electron chi connectivity index (χ0n) is 15.3.